The molecule has 0 bridgehead atoms. The van der Waals surface area contributed by atoms with E-state index < -0.39 is 0 Å². The van der Waals surface area contributed by atoms with Crippen LogP contribution in [0.25, 0.3) is 0 Å². The highest BCUT2D eigenvalue weighted by Crippen LogP contribution is 2.17. The maximum Gasteiger partial charge on any atom is 0.0853 e. The summed E-state index contributed by atoms with van der Waals surface area (Å²) in [6.07, 6.45) is 1.72. The molecule has 0 amide bonds. The van der Waals surface area contributed by atoms with E-state index in [4.69, 9.17) is 5.11 Å². The number of hydrogen-bond acceptors (Lipinski definition) is 3. The van der Waals surface area contributed by atoms with Crippen molar-refractivity contribution < 1.29 is 5.11 Å². The van der Waals surface area contributed by atoms with E-state index >= 15 is 0 Å². The van der Waals surface area contributed by atoms with Crippen molar-refractivity contribution in [1.82, 2.24) is 4.98 Å². The molecule has 0 spiro atoms. The monoisotopic (exact) mass is 306 g/mol. The van der Waals surface area contributed by atoms with Crippen molar-refractivity contribution in [3.8, 4) is 0 Å². The van der Waals surface area contributed by atoms with Gasteiger partial charge in [-0.3, -0.25) is 4.98 Å². The summed E-state index contributed by atoms with van der Waals surface area (Å²) >= 11 is 3.43. The fourth-order valence-electron chi connectivity index (χ4n) is 1.74. The zero-order chi connectivity index (χ0) is 13.0. The summed E-state index contributed by atoms with van der Waals surface area (Å²) in [5, 5.41) is 9.08. The predicted octanol–water partition coefficient (Wildman–Crippen LogP) is 2.97. The molecular weight excluding hydrogens is 292 g/mol. The number of hydrogen-bond donors (Lipinski definition) is 1. The van der Waals surface area contributed by atoms with E-state index in [-0.39, 0.29) is 6.61 Å². The second kappa shape index (κ2) is 5.98. The average molecular weight is 307 g/mol. The van der Waals surface area contributed by atoms with Gasteiger partial charge in [0.1, 0.15) is 0 Å². The molecule has 1 heterocycles. The Bertz CT molecular complexity index is 513. The van der Waals surface area contributed by atoms with Gasteiger partial charge < -0.3 is 10.0 Å². The van der Waals surface area contributed by atoms with Gasteiger partial charge >= 0.3 is 0 Å². The van der Waals surface area contributed by atoms with E-state index in [0.717, 1.165) is 16.7 Å². The molecule has 4 heteroatoms. The molecule has 94 valence electrons. The van der Waals surface area contributed by atoms with E-state index in [9.17, 15) is 0 Å². The Hall–Kier alpha value is -1.39. The van der Waals surface area contributed by atoms with Crippen LogP contribution in [0.15, 0.2) is 47.1 Å². The number of rotatable bonds is 4. The first kappa shape index (κ1) is 13.1. The number of halogens is 1. The Morgan fingerprint density at radius 2 is 1.94 bits per heavy atom. The quantitative estimate of drug-likeness (QED) is 0.943. The smallest absolute Gasteiger partial charge is 0.0853 e. The predicted molar refractivity (Wildman–Crippen MR) is 76.4 cm³/mol. The van der Waals surface area contributed by atoms with Crippen LogP contribution in [0, 0.1) is 0 Å². The number of anilines is 1. The fourth-order valence-corrected chi connectivity index (χ4v) is 2.01. The Labute approximate surface area is 115 Å². The summed E-state index contributed by atoms with van der Waals surface area (Å²) in [5.74, 6) is 0. The summed E-state index contributed by atoms with van der Waals surface area (Å²) in [7, 11) is 2.03. The SMILES string of the molecule is CN(Cc1ccc(Br)cc1)c1ccnc(CO)c1. The minimum Gasteiger partial charge on any atom is -0.390 e. The lowest BCUT2D eigenvalue weighted by atomic mass is 10.2. The number of aromatic nitrogens is 1. The number of aliphatic hydroxyl groups excluding tert-OH is 1. The second-order valence-electron chi connectivity index (χ2n) is 4.15. The van der Waals surface area contributed by atoms with Gasteiger partial charge in [-0.1, -0.05) is 28.1 Å². The molecular formula is C14H15BrN2O. The minimum atomic E-state index is -0.0278. The highest BCUT2D eigenvalue weighted by molar-refractivity contribution is 9.10. The third-order valence-electron chi connectivity index (χ3n) is 2.74. The molecule has 1 aromatic heterocycles. The van der Waals surface area contributed by atoms with Gasteiger partial charge in [0.15, 0.2) is 0 Å². The Balaban J connectivity index is 2.11. The van der Waals surface area contributed by atoms with Crippen LogP contribution in [0.4, 0.5) is 5.69 Å². The largest absolute Gasteiger partial charge is 0.390 e. The minimum absolute atomic E-state index is 0.0278. The zero-order valence-electron chi connectivity index (χ0n) is 10.2. The average Bonchev–Trinajstić information content (AvgIpc) is 2.41. The van der Waals surface area contributed by atoms with Crippen molar-refractivity contribution in [3.63, 3.8) is 0 Å². The first-order valence-corrected chi connectivity index (χ1v) is 6.49. The van der Waals surface area contributed by atoms with E-state index in [1.54, 1.807) is 6.20 Å². The Kier molecular flexibility index (Phi) is 4.33. The number of benzene rings is 1. The lowest BCUT2D eigenvalue weighted by Gasteiger charge is -2.19. The fraction of sp³-hybridized carbons (Fsp3) is 0.214. The van der Waals surface area contributed by atoms with Crippen molar-refractivity contribution >= 4 is 21.6 Å². The molecule has 0 aliphatic carbocycles. The molecule has 0 radical (unpaired) electrons. The van der Waals surface area contributed by atoms with Crippen molar-refractivity contribution in [2.75, 3.05) is 11.9 Å². The highest BCUT2D eigenvalue weighted by atomic mass is 79.9. The lowest BCUT2D eigenvalue weighted by Crippen LogP contribution is -2.16. The molecule has 0 atom stereocenters. The van der Waals surface area contributed by atoms with Gasteiger partial charge in [-0.25, -0.2) is 0 Å². The van der Waals surface area contributed by atoms with Crippen LogP contribution in [-0.2, 0) is 13.2 Å². The van der Waals surface area contributed by atoms with Gasteiger partial charge in [-0.05, 0) is 29.8 Å². The molecule has 2 aromatic rings. The molecule has 3 nitrogen and oxygen atoms in total. The van der Waals surface area contributed by atoms with E-state index in [2.05, 4.69) is 37.9 Å². The molecule has 0 aliphatic heterocycles. The lowest BCUT2D eigenvalue weighted by molar-refractivity contribution is 0.277. The summed E-state index contributed by atoms with van der Waals surface area (Å²) in [4.78, 5) is 6.21. The van der Waals surface area contributed by atoms with E-state index in [0.29, 0.717) is 5.69 Å². The summed E-state index contributed by atoms with van der Waals surface area (Å²) < 4.78 is 1.08. The van der Waals surface area contributed by atoms with Crippen LogP contribution in [0.3, 0.4) is 0 Å². The number of pyridine rings is 1. The molecule has 0 fully saturated rings. The number of aliphatic hydroxyl groups is 1. The van der Waals surface area contributed by atoms with Gasteiger partial charge in [0.25, 0.3) is 0 Å². The van der Waals surface area contributed by atoms with Gasteiger partial charge in [0.05, 0.1) is 12.3 Å². The molecule has 1 N–H and O–H groups in total. The number of nitrogens with zero attached hydrogens (tertiary/aromatic N) is 2. The zero-order valence-corrected chi connectivity index (χ0v) is 11.8. The standard InChI is InChI=1S/C14H15BrN2O/c1-17(9-11-2-4-12(15)5-3-11)14-6-7-16-13(8-14)10-18/h2-8,18H,9-10H2,1H3. The maximum atomic E-state index is 9.08. The molecule has 0 saturated heterocycles. The highest BCUT2D eigenvalue weighted by Gasteiger charge is 2.03. The summed E-state index contributed by atoms with van der Waals surface area (Å²) in [6, 6.07) is 12.1. The van der Waals surface area contributed by atoms with Crippen LogP contribution < -0.4 is 4.90 Å². The molecule has 0 unspecified atom stereocenters. The van der Waals surface area contributed by atoms with Crippen molar-refractivity contribution in [1.29, 1.82) is 0 Å². The van der Waals surface area contributed by atoms with Crippen LogP contribution in [0.2, 0.25) is 0 Å². The maximum absolute atomic E-state index is 9.08. The first-order valence-electron chi connectivity index (χ1n) is 5.70. The van der Waals surface area contributed by atoms with Crippen LogP contribution in [-0.4, -0.2) is 17.1 Å². The normalized spacial score (nSPS) is 10.4. The third-order valence-corrected chi connectivity index (χ3v) is 3.26. The summed E-state index contributed by atoms with van der Waals surface area (Å²) in [5.41, 5.74) is 2.98. The Morgan fingerprint density at radius 1 is 1.22 bits per heavy atom. The van der Waals surface area contributed by atoms with Crippen molar-refractivity contribution in [3.05, 3.63) is 58.3 Å². The van der Waals surface area contributed by atoms with Crippen LogP contribution in [0.5, 0.6) is 0 Å². The molecule has 0 aliphatic rings. The third kappa shape index (κ3) is 3.31. The molecule has 1 aromatic carbocycles. The van der Waals surface area contributed by atoms with Gasteiger partial charge in [-0.2, -0.15) is 0 Å². The van der Waals surface area contributed by atoms with Gasteiger partial charge in [0.2, 0.25) is 0 Å². The topological polar surface area (TPSA) is 36.4 Å². The summed E-state index contributed by atoms with van der Waals surface area (Å²) in [6.45, 7) is 0.794. The van der Waals surface area contributed by atoms with E-state index in [1.165, 1.54) is 5.56 Å². The van der Waals surface area contributed by atoms with Gasteiger partial charge in [-0.15, -0.1) is 0 Å². The van der Waals surface area contributed by atoms with E-state index in [1.807, 2.05) is 31.3 Å². The van der Waals surface area contributed by atoms with Crippen LogP contribution in [0.1, 0.15) is 11.3 Å². The molecule has 2 rings (SSSR count). The van der Waals surface area contributed by atoms with Gasteiger partial charge in [0, 0.05) is 29.9 Å². The Morgan fingerprint density at radius 3 is 2.61 bits per heavy atom. The molecule has 0 saturated carbocycles. The second-order valence-corrected chi connectivity index (χ2v) is 5.06. The van der Waals surface area contributed by atoms with Crippen molar-refractivity contribution in [2.45, 2.75) is 13.2 Å². The first-order chi connectivity index (χ1) is 8.69. The van der Waals surface area contributed by atoms with Crippen LogP contribution >= 0.6 is 15.9 Å². The molecule has 18 heavy (non-hydrogen) atoms. The van der Waals surface area contributed by atoms with Crippen molar-refractivity contribution in [2.24, 2.45) is 0 Å².